The lowest BCUT2D eigenvalue weighted by Gasteiger charge is -2.18. The van der Waals surface area contributed by atoms with Gasteiger partial charge >= 0.3 is 5.97 Å². The smallest absolute Gasteiger partial charge is 0.304 e. The Kier molecular flexibility index (Phi) is 11.5. The molecule has 2 aromatic rings. The van der Waals surface area contributed by atoms with Gasteiger partial charge in [0, 0.05) is 11.6 Å². The third-order valence-electron chi connectivity index (χ3n) is 5.32. The summed E-state index contributed by atoms with van der Waals surface area (Å²) in [7, 11) is 0. The molecule has 4 heteroatoms. The molecule has 2 rings (SSSR count). The van der Waals surface area contributed by atoms with Gasteiger partial charge in [0.1, 0.15) is 0 Å². The number of carboxylic acids is 1. The lowest BCUT2D eigenvalue weighted by atomic mass is 9.87. The molecule has 0 fully saturated rings. The zero-order valence-electron chi connectivity index (χ0n) is 17.3. The van der Waals surface area contributed by atoms with E-state index in [1.807, 2.05) is 6.07 Å². The van der Waals surface area contributed by atoms with Crippen LogP contribution in [0.15, 0.2) is 54.6 Å². The van der Waals surface area contributed by atoms with E-state index in [4.69, 9.17) is 16.7 Å². The predicted molar refractivity (Wildman–Crippen MR) is 122 cm³/mol. The second kappa shape index (κ2) is 14.2. The predicted octanol–water partition coefficient (Wildman–Crippen LogP) is 6.46. The number of hydrogen-bond donors (Lipinski definition) is 2. The van der Waals surface area contributed by atoms with Crippen LogP contribution < -0.4 is 5.32 Å². The molecule has 0 aliphatic rings. The Bertz CT molecular complexity index is 705. The van der Waals surface area contributed by atoms with Crippen molar-refractivity contribution in [3.05, 3.63) is 70.7 Å². The molecule has 0 aliphatic heterocycles. The number of rotatable bonds is 15. The lowest BCUT2D eigenvalue weighted by molar-refractivity contribution is -0.136. The molecule has 0 unspecified atom stereocenters. The standard InChI is InChI=1S/C25H34ClNO2/c26-24-15-10-14-23(20-24)22(19-21-11-6-5-7-12-21)13-8-3-1-2-4-9-17-27-18-16-25(28)29/h5-7,10-12,14-15,20,22,27H,1-4,8-9,13,16-19H2,(H,28,29)/t22-/m0/s1. The first-order valence-corrected chi connectivity index (χ1v) is 11.2. The molecule has 0 radical (unpaired) electrons. The fourth-order valence-electron chi connectivity index (χ4n) is 3.71. The van der Waals surface area contributed by atoms with E-state index in [9.17, 15) is 4.79 Å². The normalized spacial score (nSPS) is 12.0. The Hall–Kier alpha value is -1.84. The highest BCUT2D eigenvalue weighted by Gasteiger charge is 2.13. The average molecular weight is 416 g/mol. The van der Waals surface area contributed by atoms with Gasteiger partial charge in [-0.3, -0.25) is 4.79 Å². The second-order valence-electron chi connectivity index (χ2n) is 7.75. The number of aliphatic carboxylic acids is 1. The van der Waals surface area contributed by atoms with Gasteiger partial charge in [-0.25, -0.2) is 0 Å². The summed E-state index contributed by atoms with van der Waals surface area (Å²) in [6.07, 6.45) is 9.80. The first kappa shape index (κ1) is 23.4. The Labute approximate surface area is 180 Å². The highest BCUT2D eigenvalue weighted by Crippen LogP contribution is 2.28. The molecule has 158 valence electrons. The molecule has 0 spiro atoms. The van der Waals surface area contributed by atoms with Crippen molar-refractivity contribution in [2.24, 2.45) is 0 Å². The molecule has 0 aliphatic carbocycles. The molecule has 3 nitrogen and oxygen atoms in total. The zero-order valence-corrected chi connectivity index (χ0v) is 18.0. The Morgan fingerprint density at radius 1 is 0.897 bits per heavy atom. The summed E-state index contributed by atoms with van der Waals surface area (Å²) in [5, 5.41) is 12.6. The largest absolute Gasteiger partial charge is 0.481 e. The van der Waals surface area contributed by atoms with Crippen LogP contribution in [0.4, 0.5) is 0 Å². The van der Waals surface area contributed by atoms with E-state index in [1.165, 1.54) is 49.7 Å². The molecule has 0 aromatic heterocycles. The monoisotopic (exact) mass is 415 g/mol. The van der Waals surface area contributed by atoms with Crippen LogP contribution in [0.3, 0.4) is 0 Å². The number of carbonyl (C=O) groups is 1. The quantitative estimate of drug-likeness (QED) is 0.328. The van der Waals surface area contributed by atoms with Gasteiger partial charge in [-0.05, 0) is 55.0 Å². The van der Waals surface area contributed by atoms with E-state index in [0.29, 0.717) is 12.5 Å². The van der Waals surface area contributed by atoms with E-state index >= 15 is 0 Å². The van der Waals surface area contributed by atoms with E-state index in [2.05, 4.69) is 53.8 Å². The fourth-order valence-corrected chi connectivity index (χ4v) is 3.91. The minimum absolute atomic E-state index is 0.205. The molecule has 0 bridgehead atoms. The van der Waals surface area contributed by atoms with E-state index in [-0.39, 0.29) is 6.42 Å². The van der Waals surface area contributed by atoms with Crippen LogP contribution in [0.5, 0.6) is 0 Å². The maximum absolute atomic E-state index is 10.4. The Morgan fingerprint density at radius 2 is 1.62 bits per heavy atom. The van der Waals surface area contributed by atoms with Gasteiger partial charge < -0.3 is 10.4 Å². The minimum Gasteiger partial charge on any atom is -0.481 e. The number of unbranched alkanes of at least 4 members (excludes halogenated alkanes) is 5. The summed E-state index contributed by atoms with van der Waals surface area (Å²) in [5.74, 6) is -0.227. The molecule has 0 heterocycles. The van der Waals surface area contributed by atoms with Crippen molar-refractivity contribution in [1.82, 2.24) is 5.32 Å². The van der Waals surface area contributed by atoms with Crippen LogP contribution in [-0.2, 0) is 11.2 Å². The van der Waals surface area contributed by atoms with Gasteiger partial charge in [0.2, 0.25) is 0 Å². The van der Waals surface area contributed by atoms with E-state index < -0.39 is 5.97 Å². The summed E-state index contributed by atoms with van der Waals surface area (Å²) in [4.78, 5) is 10.4. The van der Waals surface area contributed by atoms with Crippen molar-refractivity contribution in [3.63, 3.8) is 0 Å². The summed E-state index contributed by atoms with van der Waals surface area (Å²) in [6, 6.07) is 19.0. The number of nitrogens with one attached hydrogen (secondary N) is 1. The molecule has 0 amide bonds. The van der Waals surface area contributed by atoms with Crippen molar-refractivity contribution in [2.45, 2.75) is 63.7 Å². The van der Waals surface area contributed by atoms with Gasteiger partial charge in [0.25, 0.3) is 0 Å². The lowest BCUT2D eigenvalue weighted by Crippen LogP contribution is -2.19. The maximum atomic E-state index is 10.4. The maximum Gasteiger partial charge on any atom is 0.304 e. The highest BCUT2D eigenvalue weighted by atomic mass is 35.5. The van der Waals surface area contributed by atoms with Crippen molar-refractivity contribution < 1.29 is 9.90 Å². The van der Waals surface area contributed by atoms with Gasteiger partial charge in [-0.1, -0.05) is 86.2 Å². The van der Waals surface area contributed by atoms with Crippen molar-refractivity contribution >= 4 is 17.6 Å². The molecule has 0 saturated heterocycles. The van der Waals surface area contributed by atoms with Crippen LogP contribution in [0.25, 0.3) is 0 Å². The zero-order chi connectivity index (χ0) is 20.7. The van der Waals surface area contributed by atoms with E-state index in [0.717, 1.165) is 24.4 Å². The Balaban J connectivity index is 1.66. The second-order valence-corrected chi connectivity index (χ2v) is 8.18. The summed E-state index contributed by atoms with van der Waals surface area (Å²) in [5.41, 5.74) is 2.72. The molecule has 2 N–H and O–H groups in total. The third-order valence-corrected chi connectivity index (χ3v) is 5.55. The number of carboxylic acid groups (broad SMARTS) is 1. The van der Waals surface area contributed by atoms with Gasteiger partial charge in [-0.15, -0.1) is 0 Å². The SMILES string of the molecule is O=C(O)CCNCCCCCCCC[C@@H](Cc1ccccc1)c1cccc(Cl)c1. The van der Waals surface area contributed by atoms with Crippen molar-refractivity contribution in [3.8, 4) is 0 Å². The molecule has 2 aromatic carbocycles. The topological polar surface area (TPSA) is 49.3 Å². The highest BCUT2D eigenvalue weighted by molar-refractivity contribution is 6.30. The first-order valence-electron chi connectivity index (χ1n) is 10.9. The number of benzene rings is 2. The van der Waals surface area contributed by atoms with Crippen LogP contribution in [-0.4, -0.2) is 24.2 Å². The molecular formula is C25H34ClNO2. The molecule has 0 saturated carbocycles. The van der Waals surface area contributed by atoms with Crippen LogP contribution in [0.1, 0.15) is 68.4 Å². The van der Waals surface area contributed by atoms with E-state index in [1.54, 1.807) is 0 Å². The van der Waals surface area contributed by atoms with Crippen LogP contribution in [0, 0.1) is 0 Å². The summed E-state index contributed by atoms with van der Waals surface area (Å²) in [6.45, 7) is 1.49. The molecular weight excluding hydrogens is 382 g/mol. The molecule has 29 heavy (non-hydrogen) atoms. The molecule has 1 atom stereocenters. The Morgan fingerprint density at radius 3 is 2.34 bits per heavy atom. The average Bonchev–Trinajstić information content (AvgIpc) is 2.71. The number of halogens is 1. The van der Waals surface area contributed by atoms with Gasteiger partial charge in [-0.2, -0.15) is 0 Å². The first-order chi connectivity index (χ1) is 14.1. The number of hydrogen-bond acceptors (Lipinski definition) is 2. The van der Waals surface area contributed by atoms with Crippen LogP contribution >= 0.6 is 11.6 Å². The van der Waals surface area contributed by atoms with Crippen LogP contribution in [0.2, 0.25) is 5.02 Å². The van der Waals surface area contributed by atoms with Crippen molar-refractivity contribution in [1.29, 1.82) is 0 Å². The summed E-state index contributed by atoms with van der Waals surface area (Å²) >= 11 is 6.24. The van der Waals surface area contributed by atoms with Crippen molar-refractivity contribution in [2.75, 3.05) is 13.1 Å². The van der Waals surface area contributed by atoms with Gasteiger partial charge in [0.15, 0.2) is 0 Å². The fraction of sp³-hybridized carbons (Fsp3) is 0.480. The third kappa shape index (κ3) is 10.5. The minimum atomic E-state index is -0.735. The van der Waals surface area contributed by atoms with Gasteiger partial charge in [0.05, 0.1) is 6.42 Å². The summed E-state index contributed by atoms with van der Waals surface area (Å²) < 4.78 is 0.